The Morgan fingerprint density at radius 3 is 2.53 bits per heavy atom. The van der Waals surface area contributed by atoms with Crippen LogP contribution in [0.1, 0.15) is 17.0 Å². The summed E-state index contributed by atoms with van der Waals surface area (Å²) in [4.78, 5) is 25.5. The molecule has 1 fully saturated rings. The van der Waals surface area contributed by atoms with Crippen LogP contribution < -0.4 is 19.7 Å². The molecule has 1 saturated heterocycles. The maximum atomic E-state index is 13.0. The van der Waals surface area contributed by atoms with E-state index in [0.717, 1.165) is 83.4 Å². The summed E-state index contributed by atoms with van der Waals surface area (Å²) < 4.78 is 13.0. The number of amides is 1. The summed E-state index contributed by atoms with van der Waals surface area (Å²) in [5.74, 6) is 3.88. The highest BCUT2D eigenvalue weighted by Crippen LogP contribution is 2.33. The summed E-state index contributed by atoms with van der Waals surface area (Å²) >= 11 is 0. The molecule has 2 N–H and O–H groups in total. The van der Waals surface area contributed by atoms with E-state index in [1.165, 1.54) is 5.56 Å². The Morgan fingerprint density at radius 2 is 1.67 bits per heavy atom. The zero-order chi connectivity index (χ0) is 30.2. The van der Waals surface area contributed by atoms with E-state index < -0.39 is 0 Å². The number of nitrogens with one attached hydrogen (secondary N) is 2. The molecule has 6 aromatic rings. The second-order valence-corrected chi connectivity index (χ2v) is 11.4. The van der Waals surface area contributed by atoms with Crippen molar-refractivity contribution in [1.82, 2.24) is 34.9 Å². The molecule has 8 rings (SSSR count). The van der Waals surface area contributed by atoms with E-state index in [-0.39, 0.29) is 12.3 Å². The van der Waals surface area contributed by atoms with Gasteiger partial charge in [-0.15, -0.1) is 10.2 Å². The molecular weight excluding hydrogens is 568 g/mol. The highest BCUT2D eigenvalue weighted by Gasteiger charge is 2.21. The first-order valence-electron chi connectivity index (χ1n) is 15.2. The maximum Gasteiger partial charge on any atom is 0.231 e. The zero-order valence-corrected chi connectivity index (χ0v) is 24.6. The van der Waals surface area contributed by atoms with Crippen molar-refractivity contribution in [3.8, 4) is 17.3 Å². The van der Waals surface area contributed by atoms with Crippen molar-refractivity contribution >= 4 is 33.7 Å². The number of carbonyl (C=O) groups is 1. The number of H-pyrrole nitrogens is 1. The fourth-order valence-electron chi connectivity index (χ4n) is 6.14. The first-order chi connectivity index (χ1) is 22.2. The molecule has 0 spiro atoms. The van der Waals surface area contributed by atoms with E-state index in [1.54, 1.807) is 0 Å². The van der Waals surface area contributed by atoms with E-state index in [4.69, 9.17) is 9.47 Å². The summed E-state index contributed by atoms with van der Waals surface area (Å²) in [7, 11) is 0. The van der Waals surface area contributed by atoms with Crippen molar-refractivity contribution < 1.29 is 14.3 Å². The smallest absolute Gasteiger partial charge is 0.231 e. The number of anilines is 1. The number of aromatic nitrogens is 5. The molecule has 0 atom stereocenters. The van der Waals surface area contributed by atoms with Crippen LogP contribution in [-0.2, 0) is 24.3 Å². The predicted molar refractivity (Wildman–Crippen MR) is 171 cm³/mol. The summed E-state index contributed by atoms with van der Waals surface area (Å²) in [5.41, 5.74) is 4.97. The third-order valence-electron chi connectivity index (χ3n) is 8.46. The quantitative estimate of drug-likeness (QED) is 0.267. The Labute approximate surface area is 259 Å². The fraction of sp³-hybridized carbons (Fsp3) is 0.235. The van der Waals surface area contributed by atoms with Gasteiger partial charge in [0.15, 0.2) is 23.1 Å². The molecule has 226 valence electrons. The molecule has 11 heteroatoms. The van der Waals surface area contributed by atoms with Crippen LogP contribution in [0.2, 0.25) is 0 Å². The van der Waals surface area contributed by atoms with Crippen molar-refractivity contribution in [2.45, 2.75) is 19.5 Å². The zero-order valence-electron chi connectivity index (χ0n) is 24.6. The van der Waals surface area contributed by atoms with Gasteiger partial charge < -0.3 is 24.7 Å². The van der Waals surface area contributed by atoms with Crippen LogP contribution in [0.15, 0.2) is 85.1 Å². The Hall–Kier alpha value is -5.42. The summed E-state index contributed by atoms with van der Waals surface area (Å²) in [6.45, 7) is 5.11. The molecule has 2 aliphatic rings. The van der Waals surface area contributed by atoms with Gasteiger partial charge >= 0.3 is 0 Å². The number of benzene rings is 3. The second kappa shape index (κ2) is 11.6. The van der Waals surface area contributed by atoms with Gasteiger partial charge in [-0.05, 0) is 53.6 Å². The fourth-order valence-corrected chi connectivity index (χ4v) is 6.14. The molecule has 45 heavy (non-hydrogen) atoms. The number of imidazole rings is 1. The average Bonchev–Trinajstić information content (AvgIpc) is 3.81. The Balaban J connectivity index is 0.914. The molecule has 0 radical (unpaired) electrons. The lowest BCUT2D eigenvalue weighted by molar-refractivity contribution is -0.120. The number of aromatic amines is 1. The van der Waals surface area contributed by atoms with Crippen molar-refractivity contribution in [3.05, 3.63) is 102 Å². The van der Waals surface area contributed by atoms with Gasteiger partial charge in [-0.1, -0.05) is 36.4 Å². The second-order valence-electron chi connectivity index (χ2n) is 11.4. The number of fused-ring (bicyclic) bond motifs is 3. The third-order valence-corrected chi connectivity index (χ3v) is 8.46. The average molecular weight is 601 g/mol. The molecule has 1 amide bonds. The summed E-state index contributed by atoms with van der Waals surface area (Å²) in [6, 6.07) is 26.1. The molecule has 2 aliphatic heterocycles. The lowest BCUT2D eigenvalue weighted by Gasteiger charge is -2.35. The number of para-hydroxylation sites is 3. The first-order valence-corrected chi connectivity index (χ1v) is 15.2. The minimum Gasteiger partial charge on any atom is -0.454 e. The standard InChI is InChI=1S/C34H32N8O3/c43-34(35-19-31-36-26-6-2-3-7-27(26)37-31)18-24-21-42(28-8-4-1-5-25(24)28)33-12-11-32(38-39-33)41-15-13-40(14-16-41)20-23-9-10-29-30(17-23)45-22-44-29/h1-12,17,21H,13-16,18-20,22H2,(H,35,43)(H,36,37). The van der Waals surface area contributed by atoms with E-state index >= 15 is 0 Å². The Morgan fingerprint density at radius 1 is 0.867 bits per heavy atom. The monoisotopic (exact) mass is 600 g/mol. The maximum absolute atomic E-state index is 13.0. The molecule has 0 aliphatic carbocycles. The van der Waals surface area contributed by atoms with E-state index in [2.05, 4.69) is 47.4 Å². The van der Waals surface area contributed by atoms with Gasteiger partial charge in [-0.2, -0.15) is 0 Å². The molecule has 3 aromatic heterocycles. The summed E-state index contributed by atoms with van der Waals surface area (Å²) in [5, 5.41) is 13.2. The predicted octanol–water partition coefficient (Wildman–Crippen LogP) is 4.21. The van der Waals surface area contributed by atoms with Crippen molar-refractivity contribution in [2.24, 2.45) is 0 Å². The van der Waals surface area contributed by atoms with Gasteiger partial charge in [-0.25, -0.2) is 4.98 Å². The van der Waals surface area contributed by atoms with Gasteiger partial charge in [0.2, 0.25) is 12.7 Å². The number of carbonyl (C=O) groups excluding carboxylic acids is 1. The van der Waals surface area contributed by atoms with Crippen LogP contribution in [-0.4, -0.2) is 68.5 Å². The highest BCUT2D eigenvalue weighted by atomic mass is 16.7. The van der Waals surface area contributed by atoms with Gasteiger partial charge in [0, 0.05) is 44.3 Å². The lowest BCUT2D eigenvalue weighted by atomic mass is 10.1. The number of nitrogens with zero attached hydrogens (tertiary/aromatic N) is 6. The topological polar surface area (TPSA) is 113 Å². The molecule has 11 nitrogen and oxygen atoms in total. The van der Waals surface area contributed by atoms with Crippen molar-refractivity contribution in [1.29, 1.82) is 0 Å². The van der Waals surface area contributed by atoms with Crippen molar-refractivity contribution in [3.63, 3.8) is 0 Å². The number of hydrogen-bond donors (Lipinski definition) is 2. The van der Waals surface area contributed by atoms with Crippen LogP contribution in [0.3, 0.4) is 0 Å². The molecule has 0 bridgehead atoms. The first kappa shape index (κ1) is 27.2. The Bertz CT molecular complexity index is 1960. The van der Waals surface area contributed by atoms with Crippen molar-refractivity contribution in [2.75, 3.05) is 37.9 Å². The van der Waals surface area contributed by atoms with Gasteiger partial charge in [0.25, 0.3) is 0 Å². The van der Waals surface area contributed by atoms with Crippen LogP contribution >= 0.6 is 0 Å². The largest absolute Gasteiger partial charge is 0.454 e. The molecular formula is C34H32N8O3. The summed E-state index contributed by atoms with van der Waals surface area (Å²) in [6.07, 6.45) is 2.24. The number of rotatable bonds is 8. The number of ether oxygens (including phenoxy) is 2. The van der Waals surface area contributed by atoms with Crippen LogP contribution in [0, 0.1) is 0 Å². The number of piperazine rings is 1. The molecule has 0 saturated carbocycles. The lowest BCUT2D eigenvalue weighted by Crippen LogP contribution is -2.46. The third kappa shape index (κ3) is 5.53. The molecule has 3 aromatic carbocycles. The highest BCUT2D eigenvalue weighted by molar-refractivity contribution is 5.90. The Kier molecular flexibility index (Phi) is 6.99. The van der Waals surface area contributed by atoms with Crippen LogP contribution in [0.25, 0.3) is 27.8 Å². The van der Waals surface area contributed by atoms with Gasteiger partial charge in [-0.3, -0.25) is 14.3 Å². The minimum atomic E-state index is -0.0718. The van der Waals surface area contributed by atoms with Crippen LogP contribution in [0.4, 0.5) is 5.82 Å². The SMILES string of the molecule is O=C(Cc1cn(-c2ccc(N3CCN(Cc4ccc5c(c4)OCO5)CC3)nn2)c2ccccc12)NCc1nc2ccccc2[nH]1. The van der Waals surface area contributed by atoms with E-state index in [0.29, 0.717) is 19.2 Å². The van der Waals surface area contributed by atoms with Crippen LogP contribution in [0.5, 0.6) is 11.5 Å². The molecule has 0 unspecified atom stereocenters. The normalized spacial score (nSPS) is 14.8. The van der Waals surface area contributed by atoms with Gasteiger partial charge in [0.05, 0.1) is 29.5 Å². The van der Waals surface area contributed by atoms with E-state index in [9.17, 15) is 4.79 Å². The van der Waals surface area contributed by atoms with Gasteiger partial charge in [0.1, 0.15) is 5.82 Å². The number of hydrogen-bond acceptors (Lipinski definition) is 8. The molecule has 5 heterocycles. The minimum absolute atomic E-state index is 0.0718. The van der Waals surface area contributed by atoms with E-state index in [1.807, 2.05) is 77.5 Å².